The third kappa shape index (κ3) is 6.39. The van der Waals surface area contributed by atoms with Gasteiger partial charge in [0, 0.05) is 32.7 Å². The summed E-state index contributed by atoms with van der Waals surface area (Å²) in [6.07, 6.45) is 8.66. The highest BCUT2D eigenvalue weighted by molar-refractivity contribution is 7.99. The van der Waals surface area contributed by atoms with Crippen LogP contribution in [0.5, 0.6) is 0 Å². The summed E-state index contributed by atoms with van der Waals surface area (Å²) in [7, 11) is 4.01. The highest BCUT2D eigenvalue weighted by Gasteiger charge is 2.17. The Morgan fingerprint density at radius 3 is 2.62 bits per heavy atom. The zero-order chi connectivity index (χ0) is 20.6. The van der Waals surface area contributed by atoms with E-state index in [1.807, 2.05) is 43.3 Å². The third-order valence-electron chi connectivity index (χ3n) is 5.51. The van der Waals surface area contributed by atoms with E-state index < -0.39 is 0 Å². The first-order valence-electron chi connectivity index (χ1n) is 10.4. The molecule has 3 N–H and O–H groups in total. The maximum atomic E-state index is 12.2. The van der Waals surface area contributed by atoms with E-state index in [9.17, 15) is 4.79 Å². The summed E-state index contributed by atoms with van der Waals surface area (Å²) in [5.74, 6) is 7.96. The lowest BCUT2D eigenvalue weighted by molar-refractivity contribution is -0.118. The van der Waals surface area contributed by atoms with Crippen molar-refractivity contribution in [2.75, 3.05) is 30.6 Å². The molecule has 158 valence electrons. The van der Waals surface area contributed by atoms with Crippen molar-refractivity contribution in [1.82, 2.24) is 20.2 Å². The van der Waals surface area contributed by atoms with Crippen molar-refractivity contribution >= 4 is 23.4 Å². The minimum Gasteiger partial charge on any atom is -0.378 e. The molecule has 1 aromatic carbocycles. The largest absolute Gasteiger partial charge is 0.378 e. The zero-order valence-electron chi connectivity index (χ0n) is 17.4. The molecular formula is C21H32N6OS. The van der Waals surface area contributed by atoms with Crippen molar-refractivity contribution in [1.29, 1.82) is 0 Å². The van der Waals surface area contributed by atoms with Gasteiger partial charge in [0.25, 0.3) is 0 Å². The summed E-state index contributed by atoms with van der Waals surface area (Å²) in [6, 6.07) is 8.14. The van der Waals surface area contributed by atoms with Crippen LogP contribution in [0.15, 0.2) is 29.4 Å². The van der Waals surface area contributed by atoms with Gasteiger partial charge < -0.3 is 16.1 Å². The molecular weight excluding hydrogens is 384 g/mol. The molecule has 2 aromatic rings. The lowest BCUT2D eigenvalue weighted by Crippen LogP contribution is -2.25. The molecule has 0 bridgehead atoms. The van der Waals surface area contributed by atoms with Crippen molar-refractivity contribution < 1.29 is 4.79 Å². The molecule has 1 saturated carbocycles. The first kappa shape index (κ1) is 21.5. The highest BCUT2D eigenvalue weighted by Crippen LogP contribution is 2.27. The van der Waals surface area contributed by atoms with Gasteiger partial charge in [-0.2, -0.15) is 0 Å². The number of hydrogen-bond acceptors (Lipinski definition) is 6. The number of nitrogens with one attached hydrogen (secondary N) is 1. The molecule has 0 unspecified atom stereocenters. The number of anilines is 1. The SMILES string of the molecule is CN(C)c1ccc(CNC(=O)CSc2nnc(CCC3CCCCC3)n2N)cc1. The first-order chi connectivity index (χ1) is 14.0. The average Bonchev–Trinajstić information content (AvgIpc) is 3.09. The van der Waals surface area contributed by atoms with Gasteiger partial charge >= 0.3 is 0 Å². The minimum absolute atomic E-state index is 0.0431. The molecule has 1 aliphatic carbocycles. The maximum absolute atomic E-state index is 12.2. The van der Waals surface area contributed by atoms with Gasteiger partial charge in [-0.05, 0) is 30.0 Å². The van der Waals surface area contributed by atoms with Crippen LogP contribution in [0.3, 0.4) is 0 Å². The predicted molar refractivity (Wildman–Crippen MR) is 118 cm³/mol. The van der Waals surface area contributed by atoms with E-state index in [-0.39, 0.29) is 11.7 Å². The fraction of sp³-hybridized carbons (Fsp3) is 0.571. The number of amides is 1. The Hall–Kier alpha value is -2.22. The van der Waals surface area contributed by atoms with Crippen molar-refractivity contribution in [2.45, 2.75) is 56.6 Å². The number of nitrogen functional groups attached to an aromatic ring is 1. The van der Waals surface area contributed by atoms with E-state index in [0.29, 0.717) is 11.7 Å². The number of rotatable bonds is 9. The second-order valence-electron chi connectivity index (χ2n) is 7.94. The molecule has 1 amide bonds. The van der Waals surface area contributed by atoms with Gasteiger partial charge in [-0.25, -0.2) is 4.68 Å². The fourth-order valence-corrected chi connectivity index (χ4v) is 4.38. The Morgan fingerprint density at radius 2 is 1.93 bits per heavy atom. The Labute approximate surface area is 177 Å². The topological polar surface area (TPSA) is 89.1 Å². The number of carbonyl (C=O) groups is 1. The van der Waals surface area contributed by atoms with Crippen molar-refractivity contribution in [3.05, 3.63) is 35.7 Å². The van der Waals surface area contributed by atoms with Gasteiger partial charge in [-0.15, -0.1) is 10.2 Å². The molecule has 0 spiro atoms. The summed E-state index contributed by atoms with van der Waals surface area (Å²) < 4.78 is 1.54. The number of aromatic nitrogens is 3. The molecule has 8 heteroatoms. The van der Waals surface area contributed by atoms with Crippen LogP contribution >= 0.6 is 11.8 Å². The van der Waals surface area contributed by atoms with Crippen molar-refractivity contribution in [3.8, 4) is 0 Å². The smallest absolute Gasteiger partial charge is 0.230 e. The Bertz CT molecular complexity index is 783. The molecule has 7 nitrogen and oxygen atoms in total. The van der Waals surface area contributed by atoms with Gasteiger partial charge in [0.05, 0.1) is 5.75 Å². The van der Waals surface area contributed by atoms with E-state index in [0.717, 1.165) is 35.8 Å². The summed E-state index contributed by atoms with van der Waals surface area (Å²) in [5.41, 5.74) is 2.21. The lowest BCUT2D eigenvalue weighted by Gasteiger charge is -2.20. The van der Waals surface area contributed by atoms with Crippen molar-refractivity contribution in [3.63, 3.8) is 0 Å². The van der Waals surface area contributed by atoms with Crippen LogP contribution in [0.1, 0.15) is 49.9 Å². The van der Waals surface area contributed by atoms with E-state index in [4.69, 9.17) is 5.84 Å². The summed E-state index contributed by atoms with van der Waals surface area (Å²) in [4.78, 5) is 14.2. The molecule has 0 radical (unpaired) electrons. The van der Waals surface area contributed by atoms with E-state index in [1.165, 1.54) is 43.9 Å². The van der Waals surface area contributed by atoms with Crippen LogP contribution < -0.4 is 16.1 Å². The van der Waals surface area contributed by atoms with Gasteiger partial charge in [0.15, 0.2) is 5.82 Å². The molecule has 0 aliphatic heterocycles. The van der Waals surface area contributed by atoms with Crippen LogP contribution in [0.4, 0.5) is 5.69 Å². The zero-order valence-corrected chi connectivity index (χ0v) is 18.2. The second kappa shape index (κ2) is 10.5. The maximum Gasteiger partial charge on any atom is 0.230 e. The van der Waals surface area contributed by atoms with E-state index in [2.05, 4.69) is 15.5 Å². The summed E-state index contributed by atoms with van der Waals surface area (Å²) >= 11 is 1.32. The fourth-order valence-electron chi connectivity index (χ4n) is 3.68. The Balaban J connectivity index is 1.41. The molecule has 29 heavy (non-hydrogen) atoms. The normalized spacial score (nSPS) is 14.7. The standard InChI is InChI=1S/C21H32N6OS/c1-26(2)18-11-8-17(9-12-18)14-23-20(28)15-29-21-25-24-19(27(21)22)13-10-16-6-4-3-5-7-16/h8-9,11-12,16H,3-7,10,13-15,22H2,1-2H3,(H,23,28). The molecule has 1 heterocycles. The average molecular weight is 417 g/mol. The van der Waals surface area contributed by atoms with E-state index in [1.54, 1.807) is 4.68 Å². The Kier molecular flexibility index (Phi) is 7.80. The molecule has 0 atom stereocenters. The number of nitrogens with two attached hydrogens (primary N) is 1. The van der Waals surface area contributed by atoms with Gasteiger partial charge in [0.2, 0.25) is 11.1 Å². The van der Waals surface area contributed by atoms with Gasteiger partial charge in [-0.1, -0.05) is 56.0 Å². The van der Waals surface area contributed by atoms with Crippen LogP contribution in [0.25, 0.3) is 0 Å². The molecule has 0 saturated heterocycles. The van der Waals surface area contributed by atoms with Crippen LogP contribution in [-0.2, 0) is 17.8 Å². The molecule has 3 rings (SSSR count). The summed E-state index contributed by atoms with van der Waals surface area (Å²) in [5, 5.41) is 11.9. The predicted octanol–water partition coefficient (Wildman–Crippen LogP) is 2.98. The van der Waals surface area contributed by atoms with Crippen LogP contribution in [0.2, 0.25) is 0 Å². The monoisotopic (exact) mass is 416 g/mol. The number of carbonyl (C=O) groups excluding carboxylic acids is 1. The number of hydrogen-bond donors (Lipinski definition) is 2. The molecule has 1 fully saturated rings. The number of benzene rings is 1. The van der Waals surface area contributed by atoms with Crippen LogP contribution in [0, 0.1) is 5.92 Å². The van der Waals surface area contributed by atoms with Crippen molar-refractivity contribution in [2.24, 2.45) is 5.92 Å². The quantitative estimate of drug-likeness (QED) is 0.483. The number of nitrogens with zero attached hydrogens (tertiary/aromatic N) is 4. The summed E-state index contributed by atoms with van der Waals surface area (Å²) in [6.45, 7) is 0.509. The van der Waals surface area contributed by atoms with Gasteiger partial charge in [0.1, 0.15) is 0 Å². The second-order valence-corrected chi connectivity index (χ2v) is 8.88. The van der Waals surface area contributed by atoms with Gasteiger partial charge in [-0.3, -0.25) is 4.79 Å². The lowest BCUT2D eigenvalue weighted by atomic mass is 9.86. The van der Waals surface area contributed by atoms with E-state index >= 15 is 0 Å². The number of thioether (sulfide) groups is 1. The number of aryl methyl sites for hydroxylation is 1. The van der Waals surface area contributed by atoms with Crippen LogP contribution in [-0.4, -0.2) is 40.6 Å². The highest BCUT2D eigenvalue weighted by atomic mass is 32.2. The minimum atomic E-state index is -0.0431. The molecule has 1 aliphatic rings. The first-order valence-corrected chi connectivity index (χ1v) is 11.4. The Morgan fingerprint density at radius 1 is 1.21 bits per heavy atom. The molecule has 1 aromatic heterocycles. The third-order valence-corrected chi connectivity index (χ3v) is 6.45.